The molecule has 0 radical (unpaired) electrons. The number of nitrogens with one attached hydrogen (secondary N) is 3. The van der Waals surface area contributed by atoms with Gasteiger partial charge >= 0.3 is 0 Å². The first-order valence-electron chi connectivity index (χ1n) is 10.7. The highest BCUT2D eigenvalue weighted by Gasteiger charge is 2.25. The Morgan fingerprint density at radius 2 is 2.03 bits per heavy atom. The number of rotatable bonds is 7. The number of piperazine rings is 1. The average Bonchev–Trinajstić information content (AvgIpc) is 3.23. The second-order valence-electron chi connectivity index (χ2n) is 8.00. The Morgan fingerprint density at radius 1 is 1.30 bits per heavy atom. The molecule has 1 atom stereocenters. The number of hydrogen-bond acceptors (Lipinski definition) is 5. The van der Waals surface area contributed by atoms with Crippen molar-refractivity contribution in [2.45, 2.75) is 26.0 Å². The lowest BCUT2D eigenvalue weighted by Crippen LogP contribution is -2.49. The van der Waals surface area contributed by atoms with Crippen molar-refractivity contribution in [3.8, 4) is 0 Å². The van der Waals surface area contributed by atoms with Crippen LogP contribution in [0.2, 0.25) is 0 Å². The van der Waals surface area contributed by atoms with Crippen LogP contribution >= 0.6 is 24.0 Å². The lowest BCUT2D eigenvalue weighted by Gasteiger charge is -2.26. The molecule has 0 aliphatic carbocycles. The zero-order valence-electron chi connectivity index (χ0n) is 19.2. The maximum Gasteiger partial charge on any atom is 0.254 e. The van der Waals surface area contributed by atoms with Crippen LogP contribution < -0.4 is 16.0 Å². The zero-order chi connectivity index (χ0) is 23.1. The summed E-state index contributed by atoms with van der Waals surface area (Å²) in [5.41, 5.74) is 1.10. The number of aromatic nitrogens is 2. The number of nitrogens with zero attached hydrogens (tertiary/aromatic N) is 4. The molecule has 0 saturated carbocycles. The van der Waals surface area contributed by atoms with E-state index in [4.69, 9.17) is 0 Å². The number of aryl methyl sites for hydroxylation is 1. The van der Waals surface area contributed by atoms with E-state index in [0.717, 1.165) is 11.1 Å². The van der Waals surface area contributed by atoms with Gasteiger partial charge in [0.15, 0.2) is 5.96 Å². The van der Waals surface area contributed by atoms with Gasteiger partial charge in [-0.3, -0.25) is 14.3 Å². The molecule has 180 valence electrons. The van der Waals surface area contributed by atoms with Crippen LogP contribution in [0.5, 0.6) is 0 Å². The highest BCUT2D eigenvalue weighted by Crippen LogP contribution is 2.18. The molecule has 4 N–H and O–H groups in total. The molecular weight excluding hydrogens is 537 g/mol. The molecule has 10 nitrogen and oxygen atoms in total. The third-order valence-electron chi connectivity index (χ3n) is 5.22. The van der Waals surface area contributed by atoms with E-state index < -0.39 is 5.60 Å². The summed E-state index contributed by atoms with van der Waals surface area (Å²) in [5.74, 6) is 0.292. The van der Waals surface area contributed by atoms with Crippen LogP contribution in [0.3, 0.4) is 0 Å². The summed E-state index contributed by atoms with van der Waals surface area (Å²) in [6, 6.07) is 7.23. The van der Waals surface area contributed by atoms with E-state index in [1.54, 1.807) is 48.1 Å². The van der Waals surface area contributed by atoms with Crippen LogP contribution in [0.4, 0.5) is 0 Å². The fraction of sp³-hybridized carbons (Fsp3) is 0.455. The number of halogens is 1. The molecule has 11 heteroatoms. The van der Waals surface area contributed by atoms with Crippen LogP contribution in [0.15, 0.2) is 41.7 Å². The minimum absolute atomic E-state index is 0. The molecule has 2 amide bonds. The van der Waals surface area contributed by atoms with Crippen molar-refractivity contribution in [1.29, 1.82) is 0 Å². The molecule has 3 rings (SSSR count). The van der Waals surface area contributed by atoms with Crippen LogP contribution in [0.1, 0.15) is 35.3 Å². The lowest BCUT2D eigenvalue weighted by molar-refractivity contribution is -0.123. The zero-order valence-corrected chi connectivity index (χ0v) is 21.5. The molecule has 1 aliphatic heterocycles. The van der Waals surface area contributed by atoms with Crippen molar-refractivity contribution in [2.24, 2.45) is 12.0 Å². The van der Waals surface area contributed by atoms with Gasteiger partial charge in [0.25, 0.3) is 5.91 Å². The van der Waals surface area contributed by atoms with E-state index in [0.29, 0.717) is 37.7 Å². The number of amides is 2. The monoisotopic (exact) mass is 569 g/mol. The molecule has 2 heterocycles. The Kier molecular flexibility index (Phi) is 9.65. The standard InChI is InChI=1S/C22H31N7O3.HI/c1-4-23-21(26-15-22(2,32)18-12-27-28(3)13-18)25-11-16-5-7-17(8-6-16)20(31)29-10-9-24-19(30)14-29;/h5-8,12-13,32H,4,9-11,14-15H2,1-3H3,(H,24,30)(H2,23,25,26);1H. The van der Waals surface area contributed by atoms with Gasteiger partial charge in [0.05, 0.1) is 25.8 Å². The van der Waals surface area contributed by atoms with Gasteiger partial charge < -0.3 is 26.0 Å². The van der Waals surface area contributed by atoms with Crippen LogP contribution in [0.25, 0.3) is 0 Å². The Hall–Kier alpha value is -2.67. The average molecular weight is 569 g/mol. The van der Waals surface area contributed by atoms with Crippen LogP contribution in [-0.4, -0.2) is 70.3 Å². The first kappa shape index (κ1) is 26.6. The number of aliphatic imine (C=N–C) groups is 1. The van der Waals surface area contributed by atoms with Crippen molar-refractivity contribution < 1.29 is 14.7 Å². The van der Waals surface area contributed by atoms with Gasteiger partial charge in [0.1, 0.15) is 5.60 Å². The van der Waals surface area contributed by atoms with E-state index in [9.17, 15) is 14.7 Å². The molecule has 2 aromatic rings. The van der Waals surface area contributed by atoms with Gasteiger partial charge in [0, 0.05) is 44.0 Å². The van der Waals surface area contributed by atoms with Gasteiger partial charge in [-0.2, -0.15) is 5.10 Å². The van der Waals surface area contributed by atoms with Crippen molar-refractivity contribution in [3.63, 3.8) is 0 Å². The smallest absolute Gasteiger partial charge is 0.254 e. The second kappa shape index (κ2) is 12.0. The molecule has 0 bridgehead atoms. The van der Waals surface area contributed by atoms with Gasteiger partial charge in [0.2, 0.25) is 5.91 Å². The fourth-order valence-corrected chi connectivity index (χ4v) is 3.32. The predicted octanol–water partition coefficient (Wildman–Crippen LogP) is 0.573. The van der Waals surface area contributed by atoms with E-state index in [-0.39, 0.29) is 48.9 Å². The maximum absolute atomic E-state index is 12.6. The number of benzene rings is 1. The normalized spacial score (nSPS) is 15.8. The highest BCUT2D eigenvalue weighted by molar-refractivity contribution is 14.0. The van der Waals surface area contributed by atoms with Gasteiger partial charge in [-0.05, 0) is 31.5 Å². The first-order chi connectivity index (χ1) is 15.3. The predicted molar refractivity (Wildman–Crippen MR) is 136 cm³/mol. The van der Waals surface area contributed by atoms with Crippen molar-refractivity contribution >= 4 is 41.8 Å². The molecule has 33 heavy (non-hydrogen) atoms. The summed E-state index contributed by atoms with van der Waals surface area (Å²) < 4.78 is 1.65. The number of carbonyl (C=O) groups is 2. The topological polar surface area (TPSA) is 124 Å². The van der Waals surface area contributed by atoms with E-state index >= 15 is 0 Å². The van der Waals surface area contributed by atoms with Gasteiger partial charge in [-0.1, -0.05) is 12.1 Å². The second-order valence-corrected chi connectivity index (χ2v) is 8.00. The first-order valence-corrected chi connectivity index (χ1v) is 10.7. The maximum atomic E-state index is 12.6. The largest absolute Gasteiger partial charge is 0.383 e. The number of hydrogen-bond donors (Lipinski definition) is 4. The summed E-state index contributed by atoms with van der Waals surface area (Å²) in [6.45, 7) is 6.12. The molecule has 1 saturated heterocycles. The summed E-state index contributed by atoms with van der Waals surface area (Å²) in [4.78, 5) is 30.2. The molecular formula is C22H32IN7O3. The SMILES string of the molecule is CCNC(=NCc1ccc(C(=O)N2CCNC(=O)C2)cc1)NCC(C)(O)c1cnn(C)c1.I. The van der Waals surface area contributed by atoms with E-state index in [1.807, 2.05) is 19.1 Å². The Balaban J connectivity index is 0.00000385. The summed E-state index contributed by atoms with van der Waals surface area (Å²) in [5, 5.41) is 23.9. The van der Waals surface area contributed by atoms with Crippen LogP contribution in [0, 0.1) is 0 Å². The van der Waals surface area contributed by atoms with E-state index in [2.05, 4.69) is 26.0 Å². The minimum atomic E-state index is -1.10. The summed E-state index contributed by atoms with van der Waals surface area (Å²) in [7, 11) is 1.81. The fourth-order valence-electron chi connectivity index (χ4n) is 3.32. The van der Waals surface area contributed by atoms with Crippen molar-refractivity contribution in [3.05, 3.63) is 53.3 Å². The Labute approximate surface area is 210 Å². The number of aliphatic hydroxyl groups is 1. The quantitative estimate of drug-likeness (QED) is 0.220. The van der Waals surface area contributed by atoms with E-state index in [1.165, 1.54) is 0 Å². The van der Waals surface area contributed by atoms with Gasteiger partial charge in [-0.25, -0.2) is 4.99 Å². The third kappa shape index (κ3) is 7.42. The third-order valence-corrected chi connectivity index (χ3v) is 5.22. The van der Waals surface area contributed by atoms with Crippen LogP contribution in [-0.2, 0) is 24.0 Å². The van der Waals surface area contributed by atoms with Crippen molar-refractivity contribution in [1.82, 2.24) is 30.6 Å². The summed E-state index contributed by atoms with van der Waals surface area (Å²) >= 11 is 0. The molecule has 1 fully saturated rings. The lowest BCUT2D eigenvalue weighted by atomic mass is 10.00. The van der Waals surface area contributed by atoms with Gasteiger partial charge in [-0.15, -0.1) is 24.0 Å². The number of carbonyl (C=O) groups excluding carboxylic acids is 2. The Bertz CT molecular complexity index is 973. The highest BCUT2D eigenvalue weighted by atomic mass is 127. The van der Waals surface area contributed by atoms with Crippen molar-refractivity contribution in [2.75, 3.05) is 32.7 Å². The minimum Gasteiger partial charge on any atom is -0.383 e. The molecule has 1 aromatic heterocycles. The number of guanidine groups is 1. The Morgan fingerprint density at radius 3 is 2.64 bits per heavy atom. The molecule has 1 unspecified atom stereocenters. The molecule has 1 aliphatic rings. The molecule has 0 spiro atoms. The summed E-state index contributed by atoms with van der Waals surface area (Å²) in [6.07, 6.45) is 3.43. The molecule has 1 aromatic carbocycles.